The number of carboxylic acids is 1. The first-order chi connectivity index (χ1) is 31.1. The zero-order chi connectivity index (χ0) is 44.1. The van der Waals surface area contributed by atoms with E-state index >= 15 is 0 Å². The highest BCUT2D eigenvalue weighted by molar-refractivity contribution is 7.19. The largest absolute Gasteiger partial charge is 0.495 e. The van der Waals surface area contributed by atoms with Gasteiger partial charge >= 0.3 is 5.97 Å². The van der Waals surface area contributed by atoms with Gasteiger partial charge in [0.2, 0.25) is 5.91 Å². The number of rotatable bonds is 9. The molecule has 3 N–H and O–H groups in total. The van der Waals surface area contributed by atoms with Crippen LogP contribution in [0.1, 0.15) is 68.8 Å². The molecule has 1 saturated heterocycles. The van der Waals surface area contributed by atoms with Gasteiger partial charge in [-0.05, 0) is 123 Å². The van der Waals surface area contributed by atoms with Crippen LogP contribution in [0.25, 0.3) is 20.4 Å². The highest BCUT2D eigenvalue weighted by Gasteiger charge is 2.34. The lowest BCUT2D eigenvalue weighted by atomic mass is 9.86. The number of nitrogens with zero attached hydrogens (tertiary/aromatic N) is 8. The fourth-order valence-corrected chi connectivity index (χ4v) is 12.3. The van der Waals surface area contributed by atoms with Crippen molar-refractivity contribution < 1.29 is 24.2 Å². The van der Waals surface area contributed by atoms with Crippen molar-refractivity contribution in [3.8, 4) is 11.5 Å². The zero-order valence-electron chi connectivity index (χ0n) is 36.3. The summed E-state index contributed by atoms with van der Waals surface area (Å²) in [7, 11) is 7.60. The number of aromatic nitrogens is 4. The number of ether oxygens (including phenoxy) is 2. The summed E-state index contributed by atoms with van der Waals surface area (Å²) in [5, 5.41) is 18.4. The molecule has 0 radical (unpaired) electrons. The SMILES string of the molecule is COc1cc2c(cc1Nc1ncnc3sc4c(c13)CC[C@H](C(=O)N1CCC(N(C)C)CC1)C4)C=NC2.COc1cc2c(cc1Nc1ncnc3sc4c(c13)CC[C@H](C(=O)O)C4)C=NC2. The lowest BCUT2D eigenvalue weighted by molar-refractivity contribution is -0.142. The molecular formula is C47H50N10O5S2. The second kappa shape index (κ2) is 17.5. The fraction of sp³-hybridized carbons (Fsp3) is 0.404. The maximum atomic E-state index is 13.4. The molecule has 0 unspecified atom stereocenters. The fourth-order valence-electron chi connectivity index (χ4n) is 9.76. The highest BCUT2D eigenvalue weighted by atomic mass is 32.1. The third-order valence-electron chi connectivity index (χ3n) is 13.3. The molecule has 64 heavy (non-hydrogen) atoms. The summed E-state index contributed by atoms with van der Waals surface area (Å²) in [5.74, 6) is 2.37. The summed E-state index contributed by atoms with van der Waals surface area (Å²) >= 11 is 3.27. The minimum atomic E-state index is -0.725. The molecule has 15 nitrogen and oxygen atoms in total. The van der Waals surface area contributed by atoms with E-state index in [1.165, 1.54) is 21.6 Å². The van der Waals surface area contributed by atoms with E-state index < -0.39 is 5.97 Å². The van der Waals surface area contributed by atoms with Gasteiger partial charge < -0.3 is 35.0 Å². The van der Waals surface area contributed by atoms with Crippen molar-refractivity contribution in [2.45, 2.75) is 70.5 Å². The Kier molecular flexibility index (Phi) is 11.5. The van der Waals surface area contributed by atoms with Crippen LogP contribution < -0.4 is 20.1 Å². The predicted molar refractivity (Wildman–Crippen MR) is 252 cm³/mol. The Morgan fingerprint density at radius 2 is 1.22 bits per heavy atom. The van der Waals surface area contributed by atoms with E-state index in [9.17, 15) is 14.7 Å². The van der Waals surface area contributed by atoms with Gasteiger partial charge in [0.15, 0.2) is 0 Å². The Bertz CT molecular complexity index is 2860. The van der Waals surface area contributed by atoms with Crippen molar-refractivity contribution in [1.29, 1.82) is 0 Å². The van der Waals surface area contributed by atoms with Crippen LogP contribution >= 0.6 is 22.7 Å². The Labute approximate surface area is 378 Å². The zero-order valence-corrected chi connectivity index (χ0v) is 37.9. The van der Waals surface area contributed by atoms with Crippen LogP contribution in [-0.4, -0.2) is 107 Å². The van der Waals surface area contributed by atoms with E-state index in [2.05, 4.69) is 70.5 Å². The van der Waals surface area contributed by atoms with Crippen LogP contribution in [0, 0.1) is 11.8 Å². The molecule has 330 valence electrons. The van der Waals surface area contributed by atoms with Gasteiger partial charge in [0, 0.05) is 47.2 Å². The average Bonchev–Trinajstić information content (AvgIpc) is 4.13. The first kappa shape index (κ1) is 41.9. The van der Waals surface area contributed by atoms with E-state index in [4.69, 9.17) is 9.47 Å². The summed E-state index contributed by atoms with van der Waals surface area (Å²) in [6.07, 6.45) is 13.5. The molecule has 0 bridgehead atoms. The van der Waals surface area contributed by atoms with Crippen LogP contribution in [0.4, 0.5) is 23.0 Å². The molecule has 0 spiro atoms. The van der Waals surface area contributed by atoms with E-state index in [0.29, 0.717) is 37.9 Å². The number of piperidine rings is 1. The third kappa shape index (κ3) is 7.93. The summed E-state index contributed by atoms with van der Waals surface area (Å²) in [6.45, 7) is 3.09. The monoisotopic (exact) mass is 898 g/mol. The van der Waals surface area contributed by atoms with Gasteiger partial charge in [-0.3, -0.25) is 19.6 Å². The van der Waals surface area contributed by atoms with Crippen molar-refractivity contribution in [1.82, 2.24) is 29.7 Å². The number of amides is 1. The molecule has 11 rings (SSSR count). The number of carbonyl (C=O) groups excluding carboxylic acids is 1. The van der Waals surface area contributed by atoms with Crippen LogP contribution in [0.2, 0.25) is 0 Å². The smallest absolute Gasteiger partial charge is 0.306 e. The number of benzene rings is 2. The number of hydrogen-bond acceptors (Lipinski definition) is 15. The molecule has 4 aromatic heterocycles. The number of carbonyl (C=O) groups is 2. The number of thiophene rings is 2. The summed E-state index contributed by atoms with van der Waals surface area (Å²) < 4.78 is 11.2. The number of carboxylic acid groups (broad SMARTS) is 1. The van der Waals surface area contributed by atoms with Gasteiger partial charge in [0.25, 0.3) is 0 Å². The number of nitrogens with one attached hydrogen (secondary N) is 2. The Morgan fingerprint density at radius 3 is 1.70 bits per heavy atom. The standard InChI is InChI=1S/C27H32N6O2S.C20H18N4O3S/c1-32(2)19-6-8-33(9-7-19)27(34)16-4-5-20-23(12-16)36-26-24(20)25(29-15-30-26)31-21-10-17-13-28-14-18(17)11-22(21)35-3;1-27-15-5-12-8-21-7-11(12)4-14(15)24-18-17-13-3-2-10(20(25)26)6-16(13)28-19(17)23-9-22-18/h10-11,13,15-16,19H,4-9,12,14H2,1-3H3,(H,29,30,31);4-5,7,9-10H,2-3,6,8H2,1H3,(H,25,26)(H,22,23,24)/t16-;10-/m00/s1. The van der Waals surface area contributed by atoms with Gasteiger partial charge in [-0.1, -0.05) is 0 Å². The van der Waals surface area contributed by atoms with E-state index in [1.54, 1.807) is 49.5 Å². The average molecular weight is 899 g/mol. The molecule has 5 aliphatic rings. The molecule has 7 heterocycles. The molecule has 6 aromatic rings. The summed E-state index contributed by atoms with van der Waals surface area (Å²) in [4.78, 5) is 60.2. The Balaban J connectivity index is 0.000000156. The van der Waals surface area contributed by atoms with Crippen LogP contribution in [-0.2, 0) is 48.4 Å². The molecule has 2 aliphatic carbocycles. The first-order valence-corrected chi connectivity index (χ1v) is 23.4. The third-order valence-corrected chi connectivity index (χ3v) is 15.6. The number of likely N-dealkylation sites (tertiary alicyclic amines) is 1. The topological polar surface area (TPSA) is 180 Å². The second-order valence-electron chi connectivity index (χ2n) is 17.2. The predicted octanol–water partition coefficient (Wildman–Crippen LogP) is 7.60. The maximum Gasteiger partial charge on any atom is 0.306 e. The second-order valence-corrected chi connectivity index (χ2v) is 19.4. The van der Waals surface area contributed by atoms with Crippen LogP contribution in [0.3, 0.4) is 0 Å². The molecule has 1 fully saturated rings. The van der Waals surface area contributed by atoms with Crippen LogP contribution in [0.5, 0.6) is 11.5 Å². The molecule has 3 aliphatic heterocycles. The first-order valence-electron chi connectivity index (χ1n) is 21.8. The number of methoxy groups -OCH3 is 2. The molecular weight excluding hydrogens is 849 g/mol. The Hall–Kier alpha value is -6.04. The van der Waals surface area contributed by atoms with Gasteiger partial charge in [0.1, 0.15) is 45.5 Å². The number of fused-ring (bicyclic) bond motifs is 8. The lowest BCUT2D eigenvalue weighted by Crippen LogP contribution is -2.47. The minimum Gasteiger partial charge on any atom is -0.495 e. The highest BCUT2D eigenvalue weighted by Crippen LogP contribution is 2.44. The number of aliphatic imine (C=N–C) groups is 2. The quantitative estimate of drug-likeness (QED) is 0.130. The van der Waals surface area contributed by atoms with E-state index in [0.717, 1.165) is 128 Å². The number of anilines is 4. The van der Waals surface area contributed by atoms with Crippen molar-refractivity contribution in [2.75, 3.05) is 52.0 Å². The summed E-state index contributed by atoms with van der Waals surface area (Å²) in [6, 6.07) is 8.73. The molecule has 17 heteroatoms. The van der Waals surface area contributed by atoms with Crippen LogP contribution in [0.15, 0.2) is 46.9 Å². The summed E-state index contributed by atoms with van der Waals surface area (Å²) in [5.41, 5.74) is 8.64. The van der Waals surface area contributed by atoms with E-state index in [1.807, 2.05) is 30.6 Å². The normalized spacial score (nSPS) is 18.6. The van der Waals surface area contributed by atoms with Crippen molar-refractivity contribution in [2.24, 2.45) is 21.8 Å². The minimum absolute atomic E-state index is 0.0573. The Morgan fingerprint density at radius 1 is 0.719 bits per heavy atom. The van der Waals surface area contributed by atoms with Gasteiger partial charge in [0.05, 0.1) is 55.4 Å². The number of aryl methyl sites for hydroxylation is 2. The molecule has 2 aromatic carbocycles. The molecule has 1 amide bonds. The van der Waals surface area contributed by atoms with Gasteiger partial charge in [-0.25, -0.2) is 19.9 Å². The molecule has 2 atom stereocenters. The molecule has 0 saturated carbocycles. The van der Waals surface area contributed by atoms with Gasteiger partial charge in [-0.15, -0.1) is 22.7 Å². The number of hydrogen-bond donors (Lipinski definition) is 3. The van der Waals surface area contributed by atoms with Crippen molar-refractivity contribution in [3.63, 3.8) is 0 Å². The van der Waals surface area contributed by atoms with E-state index in [-0.39, 0.29) is 11.8 Å². The lowest BCUT2D eigenvalue weighted by Gasteiger charge is -2.37. The van der Waals surface area contributed by atoms with Gasteiger partial charge in [-0.2, -0.15) is 0 Å². The van der Waals surface area contributed by atoms with Crippen molar-refractivity contribution >= 4 is 90.4 Å². The number of aliphatic carboxylic acids is 1. The van der Waals surface area contributed by atoms with Crippen molar-refractivity contribution in [3.05, 3.63) is 80.1 Å². The maximum absolute atomic E-state index is 13.4.